The van der Waals surface area contributed by atoms with Crippen LogP contribution in [0.3, 0.4) is 0 Å². The topological polar surface area (TPSA) is 112 Å². The number of imidazole rings is 1. The lowest BCUT2D eigenvalue weighted by Gasteiger charge is -2.10. The summed E-state index contributed by atoms with van der Waals surface area (Å²) in [5.74, 6) is 0.687. The number of nitrogens with zero attached hydrogens (tertiary/aromatic N) is 7. The van der Waals surface area contributed by atoms with E-state index in [1.165, 1.54) is 0 Å². The SMILES string of the molecule is CN(C)Cc1cncc(-c2cc3c(-c4nc5c(-c6cccnc6)cncc5[nH]4)[nH]nc3cn2)c1. The fraction of sp³-hybridized carbons (Fsp3) is 0.120. The van der Waals surface area contributed by atoms with Crippen molar-refractivity contribution in [1.82, 2.24) is 45.0 Å². The molecule has 0 bridgehead atoms. The third-order valence-electron chi connectivity index (χ3n) is 5.63. The maximum atomic E-state index is 4.90. The molecule has 2 N–H and O–H groups in total. The summed E-state index contributed by atoms with van der Waals surface area (Å²) in [6.45, 7) is 0.812. The van der Waals surface area contributed by atoms with Crippen LogP contribution in [-0.2, 0) is 6.54 Å². The van der Waals surface area contributed by atoms with Gasteiger partial charge in [-0.15, -0.1) is 0 Å². The lowest BCUT2D eigenvalue weighted by atomic mass is 10.1. The molecule has 9 nitrogen and oxygen atoms in total. The van der Waals surface area contributed by atoms with Crippen LogP contribution in [-0.4, -0.2) is 59.1 Å². The minimum Gasteiger partial charge on any atom is -0.335 e. The van der Waals surface area contributed by atoms with Crippen LogP contribution in [0.5, 0.6) is 0 Å². The Hall–Kier alpha value is -4.50. The summed E-state index contributed by atoms with van der Waals surface area (Å²) in [6, 6.07) is 8.05. The fourth-order valence-corrected chi connectivity index (χ4v) is 4.12. The minimum atomic E-state index is 0.687. The van der Waals surface area contributed by atoms with E-state index in [1.807, 2.05) is 57.1 Å². The van der Waals surface area contributed by atoms with Gasteiger partial charge in [-0.05, 0) is 37.9 Å². The van der Waals surface area contributed by atoms with Crippen molar-refractivity contribution in [3.05, 3.63) is 73.2 Å². The summed E-state index contributed by atoms with van der Waals surface area (Å²) in [7, 11) is 4.08. The van der Waals surface area contributed by atoms with Gasteiger partial charge in [0.2, 0.25) is 0 Å². The number of pyridine rings is 4. The predicted molar refractivity (Wildman–Crippen MR) is 131 cm³/mol. The van der Waals surface area contributed by atoms with Crippen molar-refractivity contribution in [2.24, 2.45) is 0 Å². The van der Waals surface area contributed by atoms with Crippen LogP contribution in [0.2, 0.25) is 0 Å². The molecule has 0 atom stereocenters. The summed E-state index contributed by atoms with van der Waals surface area (Å²) < 4.78 is 0. The molecule has 0 radical (unpaired) electrons. The Balaban J connectivity index is 1.45. The number of rotatable bonds is 5. The number of fused-ring (bicyclic) bond motifs is 2. The lowest BCUT2D eigenvalue weighted by Crippen LogP contribution is -2.10. The smallest absolute Gasteiger partial charge is 0.157 e. The molecule has 0 fully saturated rings. The molecule has 34 heavy (non-hydrogen) atoms. The minimum absolute atomic E-state index is 0.687. The van der Waals surface area contributed by atoms with Gasteiger partial charge in [-0.1, -0.05) is 6.07 Å². The summed E-state index contributed by atoms with van der Waals surface area (Å²) in [5, 5.41) is 8.50. The molecule has 6 rings (SSSR count). The number of aromatic nitrogens is 8. The largest absolute Gasteiger partial charge is 0.335 e. The Kier molecular flexibility index (Phi) is 4.81. The van der Waals surface area contributed by atoms with E-state index in [0.717, 1.165) is 62.1 Å². The fourth-order valence-electron chi connectivity index (χ4n) is 4.12. The highest BCUT2D eigenvalue weighted by atomic mass is 15.1. The van der Waals surface area contributed by atoms with Crippen LogP contribution in [0.25, 0.3) is 55.8 Å². The number of H-pyrrole nitrogens is 2. The van der Waals surface area contributed by atoms with E-state index in [4.69, 9.17) is 4.98 Å². The van der Waals surface area contributed by atoms with E-state index in [1.54, 1.807) is 18.6 Å². The van der Waals surface area contributed by atoms with Gasteiger partial charge in [0.05, 0.1) is 23.6 Å². The first-order chi connectivity index (χ1) is 16.7. The van der Waals surface area contributed by atoms with E-state index < -0.39 is 0 Å². The van der Waals surface area contributed by atoms with Gasteiger partial charge >= 0.3 is 0 Å². The van der Waals surface area contributed by atoms with Gasteiger partial charge in [-0.2, -0.15) is 5.10 Å². The monoisotopic (exact) mass is 447 g/mol. The van der Waals surface area contributed by atoms with Crippen molar-refractivity contribution < 1.29 is 0 Å². The van der Waals surface area contributed by atoms with E-state index in [9.17, 15) is 0 Å². The van der Waals surface area contributed by atoms with Crippen LogP contribution >= 0.6 is 0 Å². The standard InChI is InChI=1S/C25H21N9/c1-34(2)14-15-6-17(10-27-8-15)20-7-18-21(13-29-20)32-33-24(18)25-30-22-12-28-11-19(23(22)31-25)16-4-3-5-26-9-16/h3-13H,14H2,1-2H3,(H,30,31)(H,32,33). The molecule has 0 amide bonds. The molecule has 0 aromatic carbocycles. The van der Waals surface area contributed by atoms with E-state index in [2.05, 4.69) is 46.1 Å². The molecular weight excluding hydrogens is 426 g/mol. The first-order valence-electron chi connectivity index (χ1n) is 10.8. The summed E-state index contributed by atoms with van der Waals surface area (Å²) in [6.07, 6.45) is 12.6. The Morgan fingerprint density at radius 1 is 0.912 bits per heavy atom. The Morgan fingerprint density at radius 3 is 2.65 bits per heavy atom. The van der Waals surface area contributed by atoms with Crippen LogP contribution in [0.4, 0.5) is 0 Å². The summed E-state index contributed by atoms with van der Waals surface area (Å²) in [5.41, 5.74) is 8.03. The molecule has 0 saturated carbocycles. The van der Waals surface area contributed by atoms with Crippen molar-refractivity contribution in [3.63, 3.8) is 0 Å². The second-order valence-electron chi connectivity index (χ2n) is 8.42. The Labute approximate surface area is 195 Å². The third kappa shape index (κ3) is 3.57. The number of hydrogen-bond acceptors (Lipinski definition) is 7. The zero-order valence-electron chi connectivity index (χ0n) is 18.7. The van der Waals surface area contributed by atoms with Crippen LogP contribution < -0.4 is 0 Å². The van der Waals surface area contributed by atoms with Gasteiger partial charge in [0, 0.05) is 59.6 Å². The Bertz CT molecular complexity index is 1620. The molecule has 0 aliphatic heterocycles. The molecule has 6 aromatic heterocycles. The average molecular weight is 448 g/mol. The summed E-state index contributed by atoms with van der Waals surface area (Å²) >= 11 is 0. The number of aromatic amines is 2. The third-order valence-corrected chi connectivity index (χ3v) is 5.63. The average Bonchev–Trinajstić information content (AvgIpc) is 3.48. The maximum absolute atomic E-state index is 4.90. The van der Waals surface area contributed by atoms with E-state index in [-0.39, 0.29) is 0 Å². The summed E-state index contributed by atoms with van der Waals surface area (Å²) in [4.78, 5) is 28.0. The first-order valence-corrected chi connectivity index (χ1v) is 10.8. The maximum Gasteiger partial charge on any atom is 0.157 e. The van der Waals surface area contributed by atoms with Gasteiger partial charge in [-0.25, -0.2) is 4.98 Å². The molecule has 6 heterocycles. The van der Waals surface area contributed by atoms with Crippen LogP contribution in [0.15, 0.2) is 67.6 Å². The molecule has 0 spiro atoms. The number of hydrogen-bond donors (Lipinski definition) is 2. The quantitative estimate of drug-likeness (QED) is 0.409. The zero-order valence-corrected chi connectivity index (χ0v) is 18.7. The van der Waals surface area contributed by atoms with Crippen molar-refractivity contribution in [2.45, 2.75) is 6.54 Å². The van der Waals surface area contributed by atoms with Crippen LogP contribution in [0, 0.1) is 0 Å². The highest BCUT2D eigenvalue weighted by molar-refractivity contribution is 5.97. The van der Waals surface area contributed by atoms with Crippen LogP contribution in [0.1, 0.15) is 5.56 Å². The molecule has 0 aliphatic rings. The van der Waals surface area contributed by atoms with Crippen molar-refractivity contribution >= 4 is 21.9 Å². The molecule has 0 aliphatic carbocycles. The van der Waals surface area contributed by atoms with Gasteiger partial charge in [0.25, 0.3) is 0 Å². The predicted octanol–water partition coefficient (Wildman–Crippen LogP) is 4.08. The molecule has 6 aromatic rings. The van der Waals surface area contributed by atoms with E-state index >= 15 is 0 Å². The highest BCUT2D eigenvalue weighted by Crippen LogP contribution is 2.31. The van der Waals surface area contributed by atoms with Gasteiger partial charge in [-0.3, -0.25) is 25.0 Å². The molecule has 9 heteroatoms. The number of nitrogens with one attached hydrogen (secondary N) is 2. The van der Waals surface area contributed by atoms with Crippen molar-refractivity contribution in [1.29, 1.82) is 0 Å². The highest BCUT2D eigenvalue weighted by Gasteiger charge is 2.16. The normalized spacial score (nSPS) is 11.6. The molecular formula is C25H21N9. The molecule has 0 saturated heterocycles. The second-order valence-corrected chi connectivity index (χ2v) is 8.42. The lowest BCUT2D eigenvalue weighted by molar-refractivity contribution is 0.402. The molecule has 0 unspecified atom stereocenters. The van der Waals surface area contributed by atoms with Crippen molar-refractivity contribution in [3.8, 4) is 33.9 Å². The van der Waals surface area contributed by atoms with Gasteiger partial charge in [0.15, 0.2) is 5.82 Å². The zero-order chi connectivity index (χ0) is 23.1. The Morgan fingerprint density at radius 2 is 1.79 bits per heavy atom. The first kappa shape index (κ1) is 20.1. The van der Waals surface area contributed by atoms with Gasteiger partial charge in [0.1, 0.15) is 16.7 Å². The second kappa shape index (κ2) is 8.13. The molecule has 166 valence electrons. The van der Waals surface area contributed by atoms with Crippen molar-refractivity contribution in [2.75, 3.05) is 14.1 Å². The van der Waals surface area contributed by atoms with Gasteiger partial charge < -0.3 is 9.88 Å². The van der Waals surface area contributed by atoms with E-state index in [0.29, 0.717) is 5.82 Å².